The number of nitrogens with zero attached hydrogens (tertiary/aromatic N) is 2. The topological polar surface area (TPSA) is 70.4 Å². The Morgan fingerprint density at radius 1 is 1.52 bits per heavy atom. The molecule has 21 heavy (non-hydrogen) atoms. The molecule has 0 amide bonds. The van der Waals surface area contributed by atoms with Gasteiger partial charge in [-0.2, -0.15) is 5.26 Å². The smallest absolute Gasteiger partial charge is 0.236 e. The van der Waals surface area contributed by atoms with Crippen molar-refractivity contribution in [3.8, 4) is 11.8 Å². The number of benzene rings is 1. The van der Waals surface area contributed by atoms with Crippen LogP contribution in [0, 0.1) is 16.7 Å². The lowest BCUT2D eigenvalue weighted by Crippen LogP contribution is -2.44. The first-order valence-corrected chi connectivity index (χ1v) is 8.72. The summed E-state index contributed by atoms with van der Waals surface area (Å²) in [5, 5.41) is 9.58. The minimum atomic E-state index is -3.58. The molecule has 0 bridgehead atoms. The Hall–Kier alpha value is -1.45. The van der Waals surface area contributed by atoms with Crippen molar-refractivity contribution in [1.29, 1.82) is 5.26 Å². The molecule has 1 aliphatic carbocycles. The summed E-state index contributed by atoms with van der Waals surface area (Å²) in [7, 11) is -3.58. The zero-order valence-electron chi connectivity index (χ0n) is 11.5. The summed E-state index contributed by atoms with van der Waals surface area (Å²) in [6.07, 6.45) is 1.04. The molecule has 112 valence electrons. The van der Waals surface area contributed by atoms with Crippen molar-refractivity contribution in [2.45, 2.75) is 25.9 Å². The molecular formula is C14H15ClN2O3S. The minimum Gasteiger partial charge on any atom is -0.487 e. The monoisotopic (exact) mass is 326 g/mol. The predicted molar refractivity (Wildman–Crippen MR) is 80.0 cm³/mol. The first-order chi connectivity index (χ1) is 9.85. The average Bonchev–Trinajstić information content (AvgIpc) is 3.18. The molecule has 1 heterocycles. The molecule has 0 radical (unpaired) electrons. The second kappa shape index (κ2) is 4.79. The normalized spacial score (nSPS) is 22.9. The molecule has 0 spiro atoms. The van der Waals surface area contributed by atoms with E-state index in [1.54, 1.807) is 18.2 Å². The number of hydrogen-bond donors (Lipinski definition) is 0. The molecule has 1 aromatic rings. The standard InChI is InChI=1S/C14H15ClN2O3S/c1-10-7-17(12-6-11(15)2-3-13(12)20-10)21(18,19)9-14(8-16)4-5-14/h2-3,6,10H,4-5,7,9H2,1H3/t10-/m1/s1. The highest BCUT2D eigenvalue weighted by Gasteiger charge is 2.49. The lowest BCUT2D eigenvalue weighted by Gasteiger charge is -2.34. The second-order valence-corrected chi connectivity index (χ2v) is 8.05. The van der Waals surface area contributed by atoms with E-state index in [1.165, 1.54) is 4.31 Å². The van der Waals surface area contributed by atoms with Gasteiger partial charge in [0.1, 0.15) is 11.9 Å². The van der Waals surface area contributed by atoms with E-state index in [0.717, 1.165) is 0 Å². The SMILES string of the molecule is C[C@@H]1CN(S(=O)(=O)CC2(C#N)CC2)c2cc(Cl)ccc2O1. The zero-order chi connectivity index (χ0) is 15.3. The molecule has 1 atom stereocenters. The molecule has 0 aromatic heterocycles. The molecule has 1 fully saturated rings. The first-order valence-electron chi connectivity index (χ1n) is 6.73. The van der Waals surface area contributed by atoms with Crippen molar-refractivity contribution in [2.24, 2.45) is 5.41 Å². The molecule has 3 rings (SSSR count). The van der Waals surface area contributed by atoms with E-state index in [1.807, 2.05) is 6.92 Å². The molecule has 1 aromatic carbocycles. The van der Waals surface area contributed by atoms with Gasteiger partial charge in [0, 0.05) is 5.02 Å². The van der Waals surface area contributed by atoms with Crippen molar-refractivity contribution >= 4 is 27.3 Å². The van der Waals surface area contributed by atoms with Crippen LogP contribution < -0.4 is 9.04 Å². The lowest BCUT2D eigenvalue weighted by molar-refractivity contribution is 0.219. The molecule has 5 nitrogen and oxygen atoms in total. The van der Waals surface area contributed by atoms with E-state index in [4.69, 9.17) is 21.6 Å². The Kier molecular flexibility index (Phi) is 3.30. The van der Waals surface area contributed by atoms with Crippen LogP contribution in [0.25, 0.3) is 0 Å². The molecule has 1 aliphatic heterocycles. The summed E-state index contributed by atoms with van der Waals surface area (Å²) in [4.78, 5) is 0. The van der Waals surface area contributed by atoms with E-state index >= 15 is 0 Å². The number of rotatable bonds is 3. The molecule has 0 saturated heterocycles. The summed E-state index contributed by atoms with van der Waals surface area (Å²) in [6, 6.07) is 7.06. The van der Waals surface area contributed by atoms with Crippen LogP contribution in [0.5, 0.6) is 5.75 Å². The van der Waals surface area contributed by atoms with Gasteiger partial charge >= 0.3 is 0 Å². The van der Waals surface area contributed by atoms with Gasteiger partial charge < -0.3 is 4.74 Å². The Morgan fingerprint density at radius 3 is 2.86 bits per heavy atom. The molecule has 1 saturated carbocycles. The van der Waals surface area contributed by atoms with E-state index in [9.17, 15) is 8.42 Å². The van der Waals surface area contributed by atoms with Crippen molar-refractivity contribution in [3.05, 3.63) is 23.2 Å². The largest absolute Gasteiger partial charge is 0.487 e. The molecule has 0 unspecified atom stereocenters. The van der Waals surface area contributed by atoms with Crippen molar-refractivity contribution < 1.29 is 13.2 Å². The molecular weight excluding hydrogens is 312 g/mol. The van der Waals surface area contributed by atoms with E-state index < -0.39 is 15.4 Å². The van der Waals surface area contributed by atoms with Gasteiger partial charge in [-0.25, -0.2) is 8.42 Å². The third kappa shape index (κ3) is 2.68. The molecule has 0 N–H and O–H groups in total. The van der Waals surface area contributed by atoms with Gasteiger partial charge in [-0.05, 0) is 38.0 Å². The van der Waals surface area contributed by atoms with Crippen LogP contribution in [0.2, 0.25) is 5.02 Å². The van der Waals surface area contributed by atoms with Crippen LogP contribution >= 0.6 is 11.6 Å². The Morgan fingerprint density at radius 2 is 2.24 bits per heavy atom. The van der Waals surface area contributed by atoms with Crippen LogP contribution in [-0.2, 0) is 10.0 Å². The van der Waals surface area contributed by atoms with Crippen LogP contribution in [0.4, 0.5) is 5.69 Å². The van der Waals surface area contributed by atoms with Crippen molar-refractivity contribution in [2.75, 3.05) is 16.6 Å². The maximum atomic E-state index is 12.7. The number of sulfonamides is 1. The summed E-state index contributed by atoms with van der Waals surface area (Å²) in [6.45, 7) is 2.05. The van der Waals surface area contributed by atoms with Gasteiger partial charge in [-0.15, -0.1) is 0 Å². The number of fused-ring (bicyclic) bond motifs is 1. The Labute approximate surface area is 129 Å². The van der Waals surface area contributed by atoms with Gasteiger partial charge in [0.2, 0.25) is 10.0 Å². The van der Waals surface area contributed by atoms with Crippen LogP contribution in [0.15, 0.2) is 18.2 Å². The fourth-order valence-electron chi connectivity index (χ4n) is 2.50. The Balaban J connectivity index is 1.99. The van der Waals surface area contributed by atoms with Gasteiger partial charge in [-0.3, -0.25) is 4.31 Å². The number of ether oxygens (including phenoxy) is 1. The van der Waals surface area contributed by atoms with Gasteiger partial charge in [0.15, 0.2) is 0 Å². The summed E-state index contributed by atoms with van der Waals surface area (Å²) in [5.74, 6) is 0.360. The average molecular weight is 327 g/mol. The maximum Gasteiger partial charge on any atom is 0.236 e. The summed E-state index contributed by atoms with van der Waals surface area (Å²) < 4.78 is 32.4. The molecule has 2 aliphatic rings. The van der Waals surface area contributed by atoms with E-state index in [0.29, 0.717) is 29.3 Å². The first kappa shape index (κ1) is 14.5. The zero-order valence-corrected chi connectivity index (χ0v) is 13.1. The van der Waals surface area contributed by atoms with Crippen molar-refractivity contribution in [1.82, 2.24) is 0 Å². The van der Waals surface area contributed by atoms with E-state index in [-0.39, 0.29) is 18.4 Å². The van der Waals surface area contributed by atoms with Crippen molar-refractivity contribution in [3.63, 3.8) is 0 Å². The van der Waals surface area contributed by atoms with Crippen LogP contribution in [0.1, 0.15) is 19.8 Å². The quantitative estimate of drug-likeness (QED) is 0.856. The number of hydrogen-bond acceptors (Lipinski definition) is 4. The highest BCUT2D eigenvalue weighted by molar-refractivity contribution is 7.92. The number of halogens is 1. The fourth-order valence-corrected chi connectivity index (χ4v) is 4.75. The van der Waals surface area contributed by atoms with E-state index in [2.05, 4.69) is 6.07 Å². The summed E-state index contributed by atoms with van der Waals surface area (Å²) in [5.41, 5.74) is -0.256. The number of nitriles is 1. The fraction of sp³-hybridized carbons (Fsp3) is 0.500. The van der Waals surface area contributed by atoms with Gasteiger partial charge in [0.05, 0.1) is 29.5 Å². The molecule has 7 heteroatoms. The highest BCUT2D eigenvalue weighted by Crippen LogP contribution is 2.47. The third-order valence-electron chi connectivity index (χ3n) is 3.83. The Bertz CT molecular complexity index is 722. The lowest BCUT2D eigenvalue weighted by atomic mass is 10.2. The minimum absolute atomic E-state index is 0.144. The van der Waals surface area contributed by atoms with Crippen LogP contribution in [-0.4, -0.2) is 26.8 Å². The van der Waals surface area contributed by atoms with Gasteiger partial charge in [0.25, 0.3) is 0 Å². The second-order valence-electron chi connectivity index (χ2n) is 5.72. The summed E-state index contributed by atoms with van der Waals surface area (Å²) >= 11 is 5.97. The maximum absolute atomic E-state index is 12.7. The highest BCUT2D eigenvalue weighted by atomic mass is 35.5. The van der Waals surface area contributed by atoms with Crippen LogP contribution in [0.3, 0.4) is 0 Å². The predicted octanol–water partition coefficient (Wildman–Crippen LogP) is 2.56. The number of anilines is 1. The van der Waals surface area contributed by atoms with Gasteiger partial charge in [-0.1, -0.05) is 11.6 Å². The third-order valence-corrected chi connectivity index (χ3v) is 6.00.